The number of pyridine rings is 1. The van der Waals surface area contributed by atoms with Gasteiger partial charge in [-0.3, -0.25) is 9.78 Å². The fraction of sp³-hybridized carbons (Fsp3) is 0.368. The largest absolute Gasteiger partial charge is 0.413 e. The molecule has 2 rings (SSSR count). The van der Waals surface area contributed by atoms with Crippen LogP contribution in [0.25, 0.3) is 0 Å². The molecule has 1 unspecified atom stereocenters. The molecule has 0 spiro atoms. The van der Waals surface area contributed by atoms with Gasteiger partial charge in [0, 0.05) is 23.5 Å². The first-order valence-corrected chi connectivity index (χ1v) is 10.9. The van der Waals surface area contributed by atoms with Crippen molar-refractivity contribution in [3.05, 3.63) is 65.2 Å². The molecule has 24 heavy (non-hydrogen) atoms. The Kier molecular flexibility index (Phi) is 5.67. The molecule has 0 saturated heterocycles. The van der Waals surface area contributed by atoms with Gasteiger partial charge >= 0.3 is 0 Å². The SMILES string of the molecule is C[SiH](C)OC(c1cncc(C(=O)c2ccc(F)cc2)c1)C(C)(C)C. The first-order chi connectivity index (χ1) is 11.2. The minimum atomic E-state index is -1.26. The van der Waals surface area contributed by atoms with Crippen molar-refractivity contribution in [1.82, 2.24) is 4.98 Å². The third-order valence-electron chi connectivity index (χ3n) is 3.63. The zero-order valence-corrected chi connectivity index (χ0v) is 16.0. The third kappa shape index (κ3) is 4.58. The molecule has 0 aliphatic rings. The zero-order chi connectivity index (χ0) is 17.9. The number of rotatable bonds is 5. The van der Waals surface area contributed by atoms with Crippen LogP contribution in [-0.2, 0) is 4.43 Å². The maximum Gasteiger partial charge on any atom is 0.194 e. The second-order valence-electron chi connectivity index (χ2n) is 7.27. The number of hydrogen-bond donors (Lipinski definition) is 0. The summed E-state index contributed by atoms with van der Waals surface area (Å²) in [5.41, 5.74) is 1.73. The van der Waals surface area contributed by atoms with Crippen LogP contribution in [-0.4, -0.2) is 19.8 Å². The smallest absolute Gasteiger partial charge is 0.194 e. The van der Waals surface area contributed by atoms with Gasteiger partial charge in [-0.15, -0.1) is 0 Å². The minimum absolute atomic E-state index is 0.101. The number of aromatic nitrogens is 1. The summed E-state index contributed by atoms with van der Waals surface area (Å²) < 4.78 is 19.2. The van der Waals surface area contributed by atoms with E-state index in [9.17, 15) is 9.18 Å². The van der Waals surface area contributed by atoms with Crippen molar-refractivity contribution in [1.29, 1.82) is 0 Å². The van der Waals surface area contributed by atoms with Crippen LogP contribution in [0.3, 0.4) is 0 Å². The Morgan fingerprint density at radius 2 is 1.75 bits per heavy atom. The van der Waals surface area contributed by atoms with Gasteiger partial charge in [0.2, 0.25) is 0 Å². The molecular formula is C19H24FNO2Si. The van der Waals surface area contributed by atoms with Gasteiger partial charge in [0.15, 0.2) is 14.8 Å². The highest BCUT2D eigenvalue weighted by Gasteiger charge is 2.28. The van der Waals surface area contributed by atoms with Crippen molar-refractivity contribution in [2.24, 2.45) is 5.41 Å². The van der Waals surface area contributed by atoms with Crippen LogP contribution < -0.4 is 0 Å². The van der Waals surface area contributed by atoms with Gasteiger partial charge in [-0.25, -0.2) is 4.39 Å². The molecule has 1 aromatic heterocycles. The molecule has 5 heteroatoms. The van der Waals surface area contributed by atoms with Crippen LogP contribution in [0.5, 0.6) is 0 Å². The quantitative estimate of drug-likeness (QED) is 0.590. The first kappa shape index (κ1) is 18.5. The number of halogens is 1. The van der Waals surface area contributed by atoms with E-state index < -0.39 is 9.04 Å². The topological polar surface area (TPSA) is 39.2 Å². The Hall–Kier alpha value is -1.85. The van der Waals surface area contributed by atoms with Gasteiger partial charge in [-0.05, 0) is 54.4 Å². The standard InChI is InChI=1S/C19H24FNO2Si/c1-19(2,3)18(23-24(4)5)15-10-14(11-21-12-15)17(22)13-6-8-16(20)9-7-13/h6-12,18,24H,1-5H3. The summed E-state index contributed by atoms with van der Waals surface area (Å²) in [6, 6.07) is 7.39. The summed E-state index contributed by atoms with van der Waals surface area (Å²) in [6.07, 6.45) is 3.19. The molecule has 128 valence electrons. The van der Waals surface area contributed by atoms with Crippen molar-refractivity contribution < 1.29 is 13.6 Å². The van der Waals surface area contributed by atoms with Crippen LogP contribution in [0.2, 0.25) is 13.1 Å². The Labute approximate surface area is 144 Å². The van der Waals surface area contributed by atoms with E-state index in [1.54, 1.807) is 12.4 Å². The molecule has 0 bridgehead atoms. The summed E-state index contributed by atoms with van der Waals surface area (Å²) in [5.74, 6) is -0.527. The Morgan fingerprint density at radius 1 is 1.12 bits per heavy atom. The molecule has 0 saturated carbocycles. The lowest BCUT2D eigenvalue weighted by atomic mass is 9.85. The average Bonchev–Trinajstić information content (AvgIpc) is 2.51. The van der Waals surface area contributed by atoms with E-state index in [0.29, 0.717) is 11.1 Å². The molecule has 1 atom stereocenters. The average molecular weight is 345 g/mol. The summed E-state index contributed by atoms with van der Waals surface area (Å²) >= 11 is 0. The highest BCUT2D eigenvalue weighted by molar-refractivity contribution is 6.48. The maximum atomic E-state index is 13.0. The van der Waals surface area contributed by atoms with Gasteiger partial charge in [0.1, 0.15) is 5.82 Å². The van der Waals surface area contributed by atoms with Gasteiger partial charge < -0.3 is 4.43 Å². The Bertz CT molecular complexity index is 708. The van der Waals surface area contributed by atoms with E-state index in [1.807, 2.05) is 6.07 Å². The molecule has 0 aliphatic heterocycles. The van der Waals surface area contributed by atoms with E-state index in [4.69, 9.17) is 4.43 Å². The molecule has 1 aromatic carbocycles. The molecule has 0 radical (unpaired) electrons. The van der Waals surface area contributed by atoms with Crippen LogP contribution in [0, 0.1) is 11.2 Å². The number of carbonyl (C=O) groups is 1. The molecule has 2 aromatic rings. The maximum absolute atomic E-state index is 13.0. The number of benzene rings is 1. The van der Waals surface area contributed by atoms with E-state index in [1.165, 1.54) is 24.3 Å². The van der Waals surface area contributed by atoms with E-state index in [0.717, 1.165) is 5.56 Å². The molecule has 0 amide bonds. The second kappa shape index (κ2) is 7.36. The molecule has 0 aliphatic carbocycles. The third-order valence-corrected chi connectivity index (χ3v) is 4.44. The van der Waals surface area contributed by atoms with Gasteiger partial charge in [-0.1, -0.05) is 20.8 Å². The first-order valence-electron chi connectivity index (χ1n) is 8.09. The summed E-state index contributed by atoms with van der Waals surface area (Å²) in [5, 5.41) is 0. The molecule has 0 fully saturated rings. The molecular weight excluding hydrogens is 321 g/mol. The van der Waals surface area contributed by atoms with Crippen LogP contribution in [0.1, 0.15) is 48.4 Å². The monoisotopic (exact) mass is 345 g/mol. The highest BCUT2D eigenvalue weighted by Crippen LogP contribution is 2.36. The fourth-order valence-corrected chi connectivity index (χ4v) is 3.66. The molecule has 1 heterocycles. The van der Waals surface area contributed by atoms with Crippen LogP contribution >= 0.6 is 0 Å². The summed E-state index contributed by atoms with van der Waals surface area (Å²) in [4.78, 5) is 16.8. The van der Waals surface area contributed by atoms with Crippen molar-refractivity contribution in [3.8, 4) is 0 Å². The van der Waals surface area contributed by atoms with Gasteiger partial charge in [0.25, 0.3) is 0 Å². The number of nitrogens with zero attached hydrogens (tertiary/aromatic N) is 1. The number of ketones is 1. The molecule has 3 nitrogen and oxygen atoms in total. The number of carbonyl (C=O) groups excluding carboxylic acids is 1. The van der Waals surface area contributed by atoms with E-state index in [-0.39, 0.29) is 23.1 Å². The van der Waals surface area contributed by atoms with Gasteiger partial charge in [-0.2, -0.15) is 0 Å². The summed E-state index contributed by atoms with van der Waals surface area (Å²) in [6.45, 7) is 10.6. The lowest BCUT2D eigenvalue weighted by molar-refractivity contribution is 0.0860. The second-order valence-corrected chi connectivity index (χ2v) is 9.64. The molecule has 0 N–H and O–H groups in total. The van der Waals surface area contributed by atoms with Crippen molar-refractivity contribution >= 4 is 14.8 Å². The van der Waals surface area contributed by atoms with E-state index in [2.05, 4.69) is 38.8 Å². The van der Waals surface area contributed by atoms with Crippen molar-refractivity contribution in [2.75, 3.05) is 0 Å². The normalized spacial score (nSPS) is 13.1. The van der Waals surface area contributed by atoms with Crippen molar-refractivity contribution in [3.63, 3.8) is 0 Å². The minimum Gasteiger partial charge on any atom is -0.413 e. The van der Waals surface area contributed by atoms with Crippen LogP contribution in [0.15, 0.2) is 42.7 Å². The predicted octanol–water partition coefficient (Wildman–Crippen LogP) is 4.54. The van der Waals surface area contributed by atoms with E-state index >= 15 is 0 Å². The van der Waals surface area contributed by atoms with Gasteiger partial charge in [0.05, 0.1) is 6.10 Å². The highest BCUT2D eigenvalue weighted by atomic mass is 28.3. The van der Waals surface area contributed by atoms with Crippen LogP contribution in [0.4, 0.5) is 4.39 Å². The fourth-order valence-electron chi connectivity index (χ4n) is 2.55. The lowest BCUT2D eigenvalue weighted by Gasteiger charge is -2.33. The van der Waals surface area contributed by atoms with Crippen molar-refractivity contribution in [2.45, 2.75) is 40.0 Å². The summed E-state index contributed by atoms with van der Waals surface area (Å²) in [7, 11) is -1.26. The Balaban J connectivity index is 2.36. The predicted molar refractivity (Wildman–Crippen MR) is 96.2 cm³/mol. The Morgan fingerprint density at radius 3 is 2.29 bits per heavy atom. The zero-order valence-electron chi connectivity index (χ0n) is 14.8. The number of hydrogen-bond acceptors (Lipinski definition) is 3. The lowest BCUT2D eigenvalue weighted by Crippen LogP contribution is -2.26.